The van der Waals surface area contributed by atoms with E-state index >= 15 is 0 Å². The van der Waals surface area contributed by atoms with E-state index in [0.717, 1.165) is 5.56 Å². The number of carbonyl (C=O) groups excluding carboxylic acids is 1. The Morgan fingerprint density at radius 2 is 2.00 bits per heavy atom. The molecule has 0 atom stereocenters. The highest BCUT2D eigenvalue weighted by Crippen LogP contribution is 2.14. The minimum atomic E-state index is -0.436. The van der Waals surface area contributed by atoms with Crippen LogP contribution in [0.3, 0.4) is 0 Å². The van der Waals surface area contributed by atoms with E-state index in [1.54, 1.807) is 31.3 Å². The Kier molecular flexibility index (Phi) is 3.51. The monoisotopic (exact) mass is 243 g/mol. The summed E-state index contributed by atoms with van der Waals surface area (Å²) in [6.45, 7) is 3.58. The Balaban J connectivity index is 2.22. The lowest BCUT2D eigenvalue weighted by Crippen LogP contribution is -2.08. The van der Waals surface area contributed by atoms with Crippen LogP contribution < -0.4 is 0 Å². The Hall–Kier alpha value is -2.03. The number of hydrogen-bond donors (Lipinski definition) is 0. The first-order valence-electron chi connectivity index (χ1n) is 5.78. The molecule has 0 radical (unpaired) electrons. The van der Waals surface area contributed by atoms with E-state index in [2.05, 4.69) is 4.98 Å². The third-order valence-electron chi connectivity index (χ3n) is 2.81. The minimum Gasteiger partial charge on any atom is -0.294 e. The molecule has 2 nitrogen and oxygen atoms in total. The number of aryl methyl sites for hydroxylation is 2. The lowest BCUT2D eigenvalue weighted by atomic mass is 10.0. The maximum atomic E-state index is 13.8. The van der Waals surface area contributed by atoms with Gasteiger partial charge in [-0.3, -0.25) is 9.78 Å². The number of halogens is 1. The number of aromatic nitrogens is 1. The van der Waals surface area contributed by atoms with Crippen molar-refractivity contribution < 1.29 is 9.18 Å². The van der Waals surface area contributed by atoms with Crippen molar-refractivity contribution in [2.75, 3.05) is 0 Å². The average molecular weight is 243 g/mol. The quantitative estimate of drug-likeness (QED) is 0.774. The molecule has 0 bridgehead atoms. The van der Waals surface area contributed by atoms with Gasteiger partial charge in [0, 0.05) is 11.9 Å². The van der Waals surface area contributed by atoms with Crippen LogP contribution in [0.4, 0.5) is 4.39 Å². The summed E-state index contributed by atoms with van der Waals surface area (Å²) >= 11 is 0. The molecular formula is C15H14FNO. The Morgan fingerprint density at radius 1 is 1.22 bits per heavy atom. The largest absolute Gasteiger partial charge is 0.294 e. The van der Waals surface area contributed by atoms with E-state index in [1.807, 2.05) is 13.0 Å². The summed E-state index contributed by atoms with van der Waals surface area (Å²) in [6, 6.07) is 8.53. The molecule has 1 aromatic heterocycles. The minimum absolute atomic E-state index is 0.126. The topological polar surface area (TPSA) is 30.0 Å². The average Bonchev–Trinajstić information content (AvgIpc) is 2.35. The summed E-state index contributed by atoms with van der Waals surface area (Å²) < 4.78 is 13.8. The molecule has 2 rings (SSSR count). The zero-order chi connectivity index (χ0) is 13.1. The van der Waals surface area contributed by atoms with E-state index in [-0.39, 0.29) is 17.8 Å². The summed E-state index contributed by atoms with van der Waals surface area (Å²) in [5.41, 5.74) is 2.31. The normalized spacial score (nSPS) is 10.4. The summed E-state index contributed by atoms with van der Waals surface area (Å²) in [6.07, 6.45) is 1.83. The third-order valence-corrected chi connectivity index (χ3v) is 2.81. The molecule has 0 fully saturated rings. The smallest absolute Gasteiger partial charge is 0.171 e. The van der Waals surface area contributed by atoms with Gasteiger partial charge >= 0.3 is 0 Å². The van der Waals surface area contributed by atoms with Crippen molar-refractivity contribution in [2.45, 2.75) is 20.3 Å². The molecule has 2 aromatic rings. The maximum Gasteiger partial charge on any atom is 0.171 e. The van der Waals surface area contributed by atoms with Gasteiger partial charge in [0.2, 0.25) is 0 Å². The standard InChI is InChI=1S/C15H14FNO/c1-10-6-7-12(17-9-10)8-14(18)13-5-3-4-11(2)15(13)16/h3-7,9H,8H2,1-2H3. The van der Waals surface area contributed by atoms with Crippen LogP contribution >= 0.6 is 0 Å². The Morgan fingerprint density at radius 3 is 2.67 bits per heavy atom. The summed E-state index contributed by atoms with van der Waals surface area (Å²) in [4.78, 5) is 16.1. The van der Waals surface area contributed by atoms with Gasteiger partial charge < -0.3 is 0 Å². The van der Waals surface area contributed by atoms with Crippen molar-refractivity contribution in [3.63, 3.8) is 0 Å². The molecule has 1 heterocycles. The lowest BCUT2D eigenvalue weighted by molar-refractivity contribution is 0.0988. The molecule has 0 saturated carbocycles. The van der Waals surface area contributed by atoms with Gasteiger partial charge in [-0.1, -0.05) is 18.2 Å². The number of Topliss-reactive ketones (excluding diaryl/α,β-unsaturated/α-hetero) is 1. The van der Waals surface area contributed by atoms with Gasteiger partial charge in [-0.25, -0.2) is 4.39 Å². The zero-order valence-electron chi connectivity index (χ0n) is 10.4. The van der Waals surface area contributed by atoms with E-state index in [9.17, 15) is 9.18 Å². The zero-order valence-corrected chi connectivity index (χ0v) is 10.4. The van der Waals surface area contributed by atoms with Crippen LogP contribution in [-0.2, 0) is 6.42 Å². The van der Waals surface area contributed by atoms with E-state index < -0.39 is 5.82 Å². The van der Waals surface area contributed by atoms with Crippen molar-refractivity contribution in [2.24, 2.45) is 0 Å². The van der Waals surface area contributed by atoms with Gasteiger partial charge in [-0.2, -0.15) is 0 Å². The highest BCUT2D eigenvalue weighted by molar-refractivity contribution is 5.97. The molecular weight excluding hydrogens is 229 g/mol. The van der Waals surface area contributed by atoms with Crippen LogP contribution in [0.5, 0.6) is 0 Å². The van der Waals surface area contributed by atoms with Crippen LogP contribution in [0, 0.1) is 19.7 Å². The Bertz CT molecular complexity index is 576. The number of nitrogens with zero attached hydrogens (tertiary/aromatic N) is 1. The molecule has 0 spiro atoms. The summed E-state index contributed by atoms with van der Waals surface area (Å²) in [5, 5.41) is 0. The second kappa shape index (κ2) is 5.08. The maximum absolute atomic E-state index is 13.8. The number of hydrogen-bond acceptors (Lipinski definition) is 2. The number of ketones is 1. The van der Waals surface area contributed by atoms with Crippen LogP contribution in [0.25, 0.3) is 0 Å². The first-order chi connectivity index (χ1) is 8.58. The highest BCUT2D eigenvalue weighted by atomic mass is 19.1. The number of benzene rings is 1. The molecule has 1 aromatic carbocycles. The Labute approximate surface area is 105 Å². The predicted molar refractivity (Wildman–Crippen MR) is 68.1 cm³/mol. The summed E-state index contributed by atoms with van der Waals surface area (Å²) in [7, 11) is 0. The first-order valence-corrected chi connectivity index (χ1v) is 5.78. The molecule has 0 saturated heterocycles. The van der Waals surface area contributed by atoms with Gasteiger partial charge in [-0.05, 0) is 37.1 Å². The molecule has 92 valence electrons. The number of rotatable bonds is 3. The van der Waals surface area contributed by atoms with Gasteiger partial charge in [0.1, 0.15) is 5.82 Å². The second-order valence-corrected chi connectivity index (χ2v) is 4.36. The first kappa shape index (κ1) is 12.4. The van der Waals surface area contributed by atoms with Crippen LogP contribution in [0.1, 0.15) is 27.2 Å². The van der Waals surface area contributed by atoms with E-state index in [1.165, 1.54) is 6.07 Å². The van der Waals surface area contributed by atoms with Gasteiger partial charge in [0.05, 0.1) is 12.0 Å². The van der Waals surface area contributed by atoms with Crippen molar-refractivity contribution in [3.05, 3.63) is 64.7 Å². The van der Waals surface area contributed by atoms with E-state index in [0.29, 0.717) is 11.3 Å². The SMILES string of the molecule is Cc1ccc(CC(=O)c2cccc(C)c2F)nc1. The molecule has 0 aliphatic rings. The molecule has 0 aliphatic heterocycles. The van der Waals surface area contributed by atoms with Crippen molar-refractivity contribution >= 4 is 5.78 Å². The molecule has 18 heavy (non-hydrogen) atoms. The molecule has 3 heteroatoms. The third kappa shape index (κ3) is 2.62. The molecule has 0 unspecified atom stereocenters. The van der Waals surface area contributed by atoms with Crippen LogP contribution in [-0.4, -0.2) is 10.8 Å². The lowest BCUT2D eigenvalue weighted by Gasteiger charge is -2.04. The van der Waals surface area contributed by atoms with Gasteiger partial charge in [-0.15, -0.1) is 0 Å². The van der Waals surface area contributed by atoms with Gasteiger partial charge in [0.15, 0.2) is 5.78 Å². The van der Waals surface area contributed by atoms with Crippen molar-refractivity contribution in [1.82, 2.24) is 4.98 Å². The van der Waals surface area contributed by atoms with Crippen LogP contribution in [0.2, 0.25) is 0 Å². The molecule has 0 amide bonds. The van der Waals surface area contributed by atoms with Crippen molar-refractivity contribution in [1.29, 1.82) is 0 Å². The highest BCUT2D eigenvalue weighted by Gasteiger charge is 2.14. The predicted octanol–water partition coefficient (Wildman–Crippen LogP) is 3.26. The van der Waals surface area contributed by atoms with Crippen LogP contribution in [0.15, 0.2) is 36.5 Å². The number of pyridine rings is 1. The summed E-state index contributed by atoms with van der Waals surface area (Å²) in [5.74, 6) is -0.679. The fourth-order valence-electron chi connectivity index (χ4n) is 1.73. The molecule has 0 aliphatic carbocycles. The number of carbonyl (C=O) groups is 1. The van der Waals surface area contributed by atoms with Crippen molar-refractivity contribution in [3.8, 4) is 0 Å². The fraction of sp³-hybridized carbons (Fsp3) is 0.200. The second-order valence-electron chi connectivity index (χ2n) is 4.36. The van der Waals surface area contributed by atoms with E-state index in [4.69, 9.17) is 0 Å². The van der Waals surface area contributed by atoms with Gasteiger partial charge in [0.25, 0.3) is 0 Å². The molecule has 0 N–H and O–H groups in total. The fourth-order valence-corrected chi connectivity index (χ4v) is 1.73.